The van der Waals surface area contributed by atoms with Crippen molar-refractivity contribution < 1.29 is 0 Å². The molecule has 0 bridgehead atoms. The fraction of sp³-hybridized carbons (Fsp3) is 0.160. The summed E-state index contributed by atoms with van der Waals surface area (Å²) in [7, 11) is 0. The van der Waals surface area contributed by atoms with Gasteiger partial charge in [-0.25, -0.2) is 34.9 Å². The van der Waals surface area contributed by atoms with Crippen LogP contribution in [0.5, 0.6) is 0 Å². The molecule has 1 aliphatic rings. The van der Waals surface area contributed by atoms with Crippen molar-refractivity contribution in [2.24, 2.45) is 5.92 Å². The average molecular weight is 495 g/mol. The van der Waals surface area contributed by atoms with Gasteiger partial charge in [0.25, 0.3) is 0 Å². The smallest absolute Gasteiger partial charge is 0.228 e. The summed E-state index contributed by atoms with van der Waals surface area (Å²) in [4.78, 5) is 31.5. The molecule has 0 fully saturated rings. The van der Waals surface area contributed by atoms with Crippen molar-refractivity contribution in [3.8, 4) is 0 Å². The maximum Gasteiger partial charge on any atom is 0.228 e. The van der Waals surface area contributed by atoms with Crippen LogP contribution in [0.25, 0.3) is 20.4 Å². The van der Waals surface area contributed by atoms with Crippen LogP contribution < -0.4 is 16.0 Å². The lowest BCUT2D eigenvalue weighted by molar-refractivity contribution is 0.610. The maximum absolute atomic E-state index is 4.46. The number of allylic oxidation sites excluding steroid dienone is 3. The topological polar surface area (TPSA) is 126 Å². The average Bonchev–Trinajstić information content (AvgIpc) is 3.31. The molecule has 3 N–H and O–H groups in total. The van der Waals surface area contributed by atoms with Gasteiger partial charge in [-0.3, -0.25) is 0 Å². The zero-order valence-electron chi connectivity index (χ0n) is 19.2. The third kappa shape index (κ3) is 4.82. The minimum atomic E-state index is 0.467. The van der Waals surface area contributed by atoms with Crippen molar-refractivity contribution in [2.75, 3.05) is 22.5 Å². The van der Waals surface area contributed by atoms with E-state index in [2.05, 4.69) is 69.1 Å². The molecule has 1 unspecified atom stereocenters. The summed E-state index contributed by atoms with van der Waals surface area (Å²) < 4.78 is 0.926. The SMILES string of the molecule is C1=CC(CCNc2ncccn2)CC=C1Nc1cnc(Nc2ncnc3c2sc2ncccc23)nc1. The largest absolute Gasteiger partial charge is 0.354 e. The zero-order chi connectivity index (χ0) is 24.2. The fourth-order valence-electron chi connectivity index (χ4n) is 3.96. The van der Waals surface area contributed by atoms with E-state index in [0.29, 0.717) is 23.6 Å². The lowest BCUT2D eigenvalue weighted by Gasteiger charge is -2.17. The van der Waals surface area contributed by atoms with Crippen LogP contribution in [0.2, 0.25) is 0 Å². The second kappa shape index (κ2) is 10.0. The van der Waals surface area contributed by atoms with Crippen molar-refractivity contribution in [3.63, 3.8) is 0 Å². The zero-order valence-corrected chi connectivity index (χ0v) is 20.0. The molecule has 1 aliphatic carbocycles. The number of aromatic nitrogens is 7. The Morgan fingerprint density at radius 3 is 2.58 bits per heavy atom. The number of hydrogen-bond donors (Lipinski definition) is 3. The summed E-state index contributed by atoms with van der Waals surface area (Å²) >= 11 is 1.55. The summed E-state index contributed by atoms with van der Waals surface area (Å²) in [6, 6.07) is 5.74. The van der Waals surface area contributed by atoms with Crippen LogP contribution in [0.4, 0.5) is 23.4 Å². The number of hydrogen-bond acceptors (Lipinski definition) is 11. The van der Waals surface area contributed by atoms with Gasteiger partial charge in [-0.2, -0.15) is 0 Å². The Morgan fingerprint density at radius 2 is 1.75 bits per heavy atom. The molecule has 36 heavy (non-hydrogen) atoms. The fourth-order valence-corrected chi connectivity index (χ4v) is 5.00. The molecule has 0 spiro atoms. The third-order valence-electron chi connectivity index (χ3n) is 5.75. The standard InChI is InChI=1S/C25H22N10S/c1-3-19-20-21(36-23(19)26-9-1)22(33-15-32-20)35-25-30-13-18(14-31-25)34-17-6-4-16(5-7-17)8-12-29-24-27-10-2-11-28-24/h1-4,6-7,9-11,13-16,34H,5,8,12H2,(H,27,28,29)(H,30,31,32,33,35). The van der Waals surface area contributed by atoms with E-state index >= 15 is 0 Å². The van der Waals surface area contributed by atoms with Gasteiger partial charge in [-0.05, 0) is 43.0 Å². The van der Waals surface area contributed by atoms with Crippen LogP contribution in [0, 0.1) is 5.92 Å². The van der Waals surface area contributed by atoms with Gasteiger partial charge in [-0.1, -0.05) is 12.2 Å². The van der Waals surface area contributed by atoms with Gasteiger partial charge in [0.1, 0.15) is 11.2 Å². The number of nitrogens with one attached hydrogen (secondary N) is 3. The Balaban J connectivity index is 1.05. The highest BCUT2D eigenvalue weighted by Gasteiger charge is 2.13. The molecular weight excluding hydrogens is 472 g/mol. The van der Waals surface area contributed by atoms with Gasteiger partial charge in [0.15, 0.2) is 5.82 Å². The first-order chi connectivity index (χ1) is 17.8. The summed E-state index contributed by atoms with van der Waals surface area (Å²) in [5.41, 5.74) is 2.72. The molecule has 0 saturated heterocycles. The lowest BCUT2D eigenvalue weighted by Crippen LogP contribution is -2.11. The molecule has 0 saturated carbocycles. The van der Waals surface area contributed by atoms with E-state index < -0.39 is 0 Å². The van der Waals surface area contributed by atoms with Gasteiger partial charge >= 0.3 is 0 Å². The molecule has 5 aromatic rings. The highest BCUT2D eigenvalue weighted by Crippen LogP contribution is 2.35. The van der Waals surface area contributed by atoms with Gasteiger partial charge in [-0.15, -0.1) is 11.3 Å². The van der Waals surface area contributed by atoms with E-state index in [9.17, 15) is 0 Å². The number of rotatable bonds is 8. The van der Waals surface area contributed by atoms with E-state index in [1.165, 1.54) is 0 Å². The van der Waals surface area contributed by atoms with Crippen LogP contribution in [-0.2, 0) is 0 Å². The van der Waals surface area contributed by atoms with Crippen LogP contribution >= 0.6 is 11.3 Å². The molecule has 178 valence electrons. The molecule has 0 amide bonds. The summed E-state index contributed by atoms with van der Waals surface area (Å²) in [6.45, 7) is 0.828. The highest BCUT2D eigenvalue weighted by molar-refractivity contribution is 7.25. The Hall–Kier alpha value is -4.51. The van der Waals surface area contributed by atoms with E-state index in [1.54, 1.807) is 48.6 Å². The normalized spacial score (nSPS) is 15.1. The van der Waals surface area contributed by atoms with Crippen LogP contribution in [0.15, 0.2) is 79.4 Å². The first-order valence-electron chi connectivity index (χ1n) is 11.6. The van der Waals surface area contributed by atoms with Crippen molar-refractivity contribution in [2.45, 2.75) is 12.8 Å². The van der Waals surface area contributed by atoms with E-state index in [-0.39, 0.29) is 0 Å². The van der Waals surface area contributed by atoms with Gasteiger partial charge in [0.2, 0.25) is 11.9 Å². The van der Waals surface area contributed by atoms with Crippen molar-refractivity contribution in [1.82, 2.24) is 34.9 Å². The molecule has 5 heterocycles. The summed E-state index contributed by atoms with van der Waals surface area (Å²) in [5.74, 6) is 2.27. The van der Waals surface area contributed by atoms with Crippen LogP contribution in [-0.4, -0.2) is 41.4 Å². The Bertz CT molecular complexity index is 1550. The maximum atomic E-state index is 4.46. The Kier molecular flexibility index (Phi) is 6.11. The minimum Gasteiger partial charge on any atom is -0.354 e. The third-order valence-corrected chi connectivity index (χ3v) is 6.86. The molecule has 6 rings (SSSR count). The van der Waals surface area contributed by atoms with E-state index in [4.69, 9.17) is 0 Å². The molecule has 11 heteroatoms. The number of thiophene rings is 1. The molecule has 5 aromatic heterocycles. The number of anilines is 4. The summed E-state index contributed by atoms with van der Waals surface area (Å²) in [6.07, 6.45) is 18.8. The summed E-state index contributed by atoms with van der Waals surface area (Å²) in [5, 5.41) is 10.9. The monoisotopic (exact) mass is 494 g/mol. The van der Waals surface area contributed by atoms with Crippen molar-refractivity contribution in [1.29, 1.82) is 0 Å². The molecule has 0 aliphatic heterocycles. The first kappa shape index (κ1) is 22.0. The Labute approximate surface area is 210 Å². The van der Waals surface area contributed by atoms with Crippen molar-refractivity contribution >= 4 is 55.2 Å². The van der Waals surface area contributed by atoms with Crippen LogP contribution in [0.3, 0.4) is 0 Å². The molecule has 0 radical (unpaired) electrons. The lowest BCUT2D eigenvalue weighted by atomic mass is 9.96. The highest BCUT2D eigenvalue weighted by atomic mass is 32.1. The van der Waals surface area contributed by atoms with Gasteiger partial charge in [0.05, 0.1) is 28.3 Å². The number of nitrogens with zero attached hydrogens (tertiary/aromatic N) is 7. The van der Waals surface area contributed by atoms with E-state index in [0.717, 1.165) is 51.2 Å². The molecule has 10 nitrogen and oxygen atoms in total. The van der Waals surface area contributed by atoms with Crippen molar-refractivity contribution in [3.05, 3.63) is 79.4 Å². The van der Waals surface area contributed by atoms with Gasteiger partial charge < -0.3 is 16.0 Å². The molecule has 1 atom stereocenters. The number of pyridine rings is 1. The molecular formula is C25H22N10S. The first-order valence-corrected chi connectivity index (χ1v) is 12.4. The predicted octanol–water partition coefficient (Wildman–Crippen LogP) is 4.94. The van der Waals surface area contributed by atoms with Gasteiger partial charge in [0, 0.05) is 36.2 Å². The Morgan fingerprint density at radius 1 is 0.889 bits per heavy atom. The quantitative estimate of drug-likeness (QED) is 0.273. The second-order valence-electron chi connectivity index (χ2n) is 8.21. The molecule has 0 aromatic carbocycles. The van der Waals surface area contributed by atoms with Crippen LogP contribution in [0.1, 0.15) is 12.8 Å². The number of fused-ring (bicyclic) bond motifs is 3. The second-order valence-corrected chi connectivity index (χ2v) is 9.20. The van der Waals surface area contributed by atoms with E-state index in [1.807, 2.05) is 18.2 Å². The predicted molar refractivity (Wildman–Crippen MR) is 142 cm³/mol. The minimum absolute atomic E-state index is 0.467.